The van der Waals surface area contributed by atoms with E-state index in [2.05, 4.69) is 31.2 Å². The van der Waals surface area contributed by atoms with Crippen LogP contribution in [0.4, 0.5) is 10.2 Å². The zero-order valence-electron chi connectivity index (χ0n) is 22.1. The van der Waals surface area contributed by atoms with Gasteiger partial charge in [0.2, 0.25) is 5.88 Å². The minimum absolute atomic E-state index is 0.197. The molecule has 3 heterocycles. The Bertz CT molecular complexity index is 1110. The highest BCUT2D eigenvalue weighted by molar-refractivity contribution is 5.63. The van der Waals surface area contributed by atoms with Gasteiger partial charge in [0.15, 0.2) is 5.82 Å². The van der Waals surface area contributed by atoms with Gasteiger partial charge in [-0.1, -0.05) is 0 Å². The maximum atomic E-state index is 14.8. The molecule has 1 saturated heterocycles. The molecule has 204 valence electrons. The largest absolute Gasteiger partial charge is 0.475 e. The minimum Gasteiger partial charge on any atom is -0.475 e. The number of rotatable bonds is 11. The van der Waals surface area contributed by atoms with Crippen molar-refractivity contribution in [2.24, 2.45) is 5.41 Å². The van der Waals surface area contributed by atoms with Gasteiger partial charge in [0.05, 0.1) is 42.4 Å². The maximum Gasteiger partial charge on any atom is 0.232 e. The van der Waals surface area contributed by atoms with E-state index in [-0.39, 0.29) is 12.5 Å². The fraction of sp³-hybridized carbons (Fsp3) is 0.643. The molecule has 0 radical (unpaired) electrons. The molecule has 0 spiro atoms. The first-order valence-corrected chi connectivity index (χ1v) is 13.7. The average molecular weight is 525 g/mol. The molecule has 3 aliphatic rings. The lowest BCUT2D eigenvalue weighted by Crippen LogP contribution is -2.43. The Morgan fingerprint density at radius 2 is 1.87 bits per heavy atom. The summed E-state index contributed by atoms with van der Waals surface area (Å²) in [7, 11) is 1.77. The standard InChI is InChI=1S/C28H37FN6O3/c1-36-13-10-35(22-6-7-22)21-4-2-20(3-5-21)33-26-14-23(24(29)15-32-26)25-16-31-17-27(34-25)38-19-28(18-30)8-11-37-12-9-28/h14-17,20-22H,2-13,19H2,1H3,(H,32,33). The molecule has 38 heavy (non-hydrogen) atoms. The molecule has 0 bridgehead atoms. The summed E-state index contributed by atoms with van der Waals surface area (Å²) >= 11 is 0. The number of hydrogen-bond acceptors (Lipinski definition) is 9. The monoisotopic (exact) mass is 524 g/mol. The van der Waals surface area contributed by atoms with Gasteiger partial charge in [0.25, 0.3) is 0 Å². The van der Waals surface area contributed by atoms with Gasteiger partial charge in [-0.25, -0.2) is 14.4 Å². The van der Waals surface area contributed by atoms with Crippen molar-refractivity contribution >= 4 is 5.82 Å². The van der Waals surface area contributed by atoms with E-state index in [9.17, 15) is 9.65 Å². The van der Waals surface area contributed by atoms with Crippen molar-refractivity contribution < 1.29 is 18.6 Å². The zero-order chi connectivity index (χ0) is 26.4. The molecule has 2 aromatic rings. The third-order valence-corrected chi connectivity index (χ3v) is 8.01. The number of aromatic nitrogens is 3. The molecule has 10 heteroatoms. The fourth-order valence-electron chi connectivity index (χ4n) is 5.55. The number of hydrogen-bond donors (Lipinski definition) is 1. The lowest BCUT2D eigenvalue weighted by atomic mass is 9.83. The highest BCUT2D eigenvalue weighted by Gasteiger charge is 2.36. The topological polar surface area (TPSA) is 105 Å². The highest BCUT2D eigenvalue weighted by Crippen LogP contribution is 2.35. The molecule has 9 nitrogen and oxygen atoms in total. The van der Waals surface area contributed by atoms with Gasteiger partial charge in [-0.15, -0.1) is 0 Å². The van der Waals surface area contributed by atoms with Crippen LogP contribution < -0.4 is 10.1 Å². The van der Waals surface area contributed by atoms with Crippen molar-refractivity contribution in [2.75, 3.05) is 45.4 Å². The molecule has 5 rings (SSSR count). The number of nitrogens with zero attached hydrogens (tertiary/aromatic N) is 5. The Morgan fingerprint density at radius 1 is 1.13 bits per heavy atom. The van der Waals surface area contributed by atoms with Gasteiger partial charge in [0.1, 0.15) is 12.4 Å². The van der Waals surface area contributed by atoms with Crippen molar-refractivity contribution in [1.82, 2.24) is 19.9 Å². The van der Waals surface area contributed by atoms with Crippen molar-refractivity contribution in [3.8, 4) is 23.2 Å². The van der Waals surface area contributed by atoms with Crippen LogP contribution in [0.25, 0.3) is 11.3 Å². The molecular weight excluding hydrogens is 487 g/mol. The zero-order valence-corrected chi connectivity index (χ0v) is 22.1. The molecule has 1 aliphatic heterocycles. The second-order valence-corrected chi connectivity index (χ2v) is 10.7. The summed E-state index contributed by atoms with van der Waals surface area (Å²) < 4.78 is 31.4. The maximum absolute atomic E-state index is 14.8. The minimum atomic E-state index is -0.604. The van der Waals surface area contributed by atoms with Crippen LogP contribution in [0.15, 0.2) is 24.7 Å². The van der Waals surface area contributed by atoms with Crippen LogP contribution in [-0.4, -0.2) is 78.1 Å². The smallest absolute Gasteiger partial charge is 0.232 e. The molecule has 0 aromatic carbocycles. The molecule has 0 atom stereocenters. The van der Waals surface area contributed by atoms with Crippen molar-refractivity contribution in [1.29, 1.82) is 5.26 Å². The van der Waals surface area contributed by atoms with E-state index in [1.54, 1.807) is 13.2 Å². The van der Waals surface area contributed by atoms with Crippen molar-refractivity contribution in [3.63, 3.8) is 0 Å². The summed E-state index contributed by atoms with van der Waals surface area (Å²) in [5.41, 5.74) is 0.0768. The van der Waals surface area contributed by atoms with Crippen LogP contribution in [0.1, 0.15) is 51.4 Å². The number of halogens is 1. The quantitative estimate of drug-likeness (QED) is 0.463. The van der Waals surface area contributed by atoms with Gasteiger partial charge >= 0.3 is 0 Å². The molecule has 2 aliphatic carbocycles. The Balaban J connectivity index is 1.20. The van der Waals surface area contributed by atoms with E-state index in [1.165, 1.54) is 31.4 Å². The molecule has 3 fully saturated rings. The van der Waals surface area contributed by atoms with Gasteiger partial charge in [-0.05, 0) is 57.4 Å². The van der Waals surface area contributed by atoms with Gasteiger partial charge in [-0.2, -0.15) is 5.26 Å². The molecular formula is C28H37FN6O3. The summed E-state index contributed by atoms with van der Waals surface area (Å²) in [6, 6.07) is 5.70. The summed E-state index contributed by atoms with van der Waals surface area (Å²) in [6.07, 6.45) is 12.4. The van der Waals surface area contributed by atoms with Crippen LogP contribution in [0.5, 0.6) is 5.88 Å². The van der Waals surface area contributed by atoms with Crippen LogP contribution in [0.2, 0.25) is 0 Å². The molecule has 2 aromatic heterocycles. The normalized spacial score (nSPS) is 23.1. The first-order valence-electron chi connectivity index (χ1n) is 13.7. The SMILES string of the molecule is COCCN(C1CCC(Nc2cc(-c3cncc(OCC4(C#N)CCOCC4)n3)c(F)cn2)CC1)C1CC1. The van der Waals surface area contributed by atoms with E-state index >= 15 is 0 Å². The number of nitrogens with one attached hydrogen (secondary N) is 1. The Kier molecular flexibility index (Phi) is 8.67. The van der Waals surface area contributed by atoms with Gasteiger partial charge in [-0.3, -0.25) is 9.88 Å². The number of ether oxygens (including phenoxy) is 3. The molecule has 1 N–H and O–H groups in total. The molecule has 0 unspecified atom stereocenters. The van der Waals surface area contributed by atoms with Crippen LogP contribution >= 0.6 is 0 Å². The van der Waals surface area contributed by atoms with Gasteiger partial charge in [0, 0.05) is 50.6 Å². The van der Waals surface area contributed by atoms with Crippen LogP contribution in [0.3, 0.4) is 0 Å². The third kappa shape index (κ3) is 6.57. The van der Waals surface area contributed by atoms with E-state index < -0.39 is 11.2 Å². The van der Waals surface area contributed by atoms with Crippen LogP contribution in [-0.2, 0) is 9.47 Å². The van der Waals surface area contributed by atoms with Gasteiger partial charge < -0.3 is 19.5 Å². The second-order valence-electron chi connectivity index (χ2n) is 10.7. The van der Waals surface area contributed by atoms with Crippen LogP contribution in [0, 0.1) is 22.6 Å². The predicted molar refractivity (Wildman–Crippen MR) is 140 cm³/mol. The third-order valence-electron chi connectivity index (χ3n) is 8.01. The van der Waals surface area contributed by atoms with E-state index in [0.717, 1.165) is 44.9 Å². The average Bonchev–Trinajstić information content (AvgIpc) is 3.80. The highest BCUT2D eigenvalue weighted by atomic mass is 19.1. The van der Waals surface area contributed by atoms with E-state index in [1.807, 2.05) is 0 Å². The number of methoxy groups -OCH3 is 1. The lowest BCUT2D eigenvalue weighted by molar-refractivity contribution is 0.0182. The van der Waals surface area contributed by atoms with Crippen molar-refractivity contribution in [3.05, 3.63) is 30.5 Å². The number of pyridine rings is 1. The predicted octanol–water partition coefficient (Wildman–Crippen LogP) is 4.21. The number of nitriles is 1. The summed E-state index contributed by atoms with van der Waals surface area (Å²) in [5.74, 6) is 0.422. The molecule has 0 amide bonds. The molecule has 2 saturated carbocycles. The Hall–Kier alpha value is -2.87. The fourth-order valence-corrected chi connectivity index (χ4v) is 5.55. The van der Waals surface area contributed by atoms with E-state index in [0.29, 0.717) is 55.2 Å². The Labute approximate surface area is 223 Å². The Morgan fingerprint density at radius 3 is 2.55 bits per heavy atom. The first-order chi connectivity index (χ1) is 18.6. The summed E-state index contributed by atoms with van der Waals surface area (Å²) in [6.45, 7) is 3.05. The second kappa shape index (κ2) is 12.3. The first kappa shape index (κ1) is 26.7. The summed E-state index contributed by atoms with van der Waals surface area (Å²) in [4.78, 5) is 15.6. The van der Waals surface area contributed by atoms with Crippen molar-refractivity contribution in [2.45, 2.75) is 69.5 Å². The van der Waals surface area contributed by atoms with E-state index in [4.69, 9.17) is 14.2 Å². The summed E-state index contributed by atoms with van der Waals surface area (Å²) in [5, 5.41) is 13.2. The lowest BCUT2D eigenvalue weighted by Gasteiger charge is -2.37. The number of anilines is 1.